The fourth-order valence-electron chi connectivity index (χ4n) is 3.98. The molecule has 0 aliphatic carbocycles. The zero-order chi connectivity index (χ0) is 21.3. The largest absolute Gasteiger partial charge is 0.356 e. The predicted molar refractivity (Wildman–Crippen MR) is 122 cm³/mol. The Balaban J connectivity index is 1.61. The number of hydrogen-bond donors (Lipinski definition) is 0. The molecule has 3 aromatic heterocycles. The van der Waals surface area contributed by atoms with Crippen molar-refractivity contribution in [1.29, 1.82) is 0 Å². The number of piperidine rings is 1. The number of rotatable bonds is 5. The summed E-state index contributed by atoms with van der Waals surface area (Å²) in [6, 6.07) is 5.87. The normalized spacial score (nSPS) is 15.0. The minimum Gasteiger partial charge on any atom is -0.356 e. The van der Waals surface area contributed by atoms with Gasteiger partial charge in [-0.3, -0.25) is 9.78 Å². The average Bonchev–Trinajstić information content (AvgIpc) is 3.08. The standard InChI is InChI=1S/C23H29N5OS/c1-15-8-13-28(14-9-15)21-19-16(2)20(30-22(19)26-17(3)25-21)23(29)27(4)12-10-18-7-5-6-11-24-18/h5-7,11,15H,8-10,12-14H2,1-4H3. The fourth-order valence-corrected chi connectivity index (χ4v) is 5.19. The van der Waals surface area contributed by atoms with Crippen molar-refractivity contribution in [2.75, 3.05) is 31.6 Å². The first-order chi connectivity index (χ1) is 14.4. The molecule has 0 bridgehead atoms. The first-order valence-corrected chi connectivity index (χ1v) is 11.4. The molecule has 1 amide bonds. The van der Waals surface area contributed by atoms with Gasteiger partial charge in [-0.25, -0.2) is 9.97 Å². The Morgan fingerprint density at radius 1 is 1.23 bits per heavy atom. The lowest BCUT2D eigenvalue weighted by Gasteiger charge is -2.31. The van der Waals surface area contributed by atoms with E-state index in [4.69, 9.17) is 4.98 Å². The molecule has 3 aromatic rings. The molecule has 1 fully saturated rings. The summed E-state index contributed by atoms with van der Waals surface area (Å²) in [7, 11) is 1.86. The molecular weight excluding hydrogens is 394 g/mol. The number of pyridine rings is 1. The van der Waals surface area contributed by atoms with Gasteiger partial charge in [0, 0.05) is 45.0 Å². The van der Waals surface area contributed by atoms with Crippen LogP contribution in [0, 0.1) is 19.8 Å². The van der Waals surface area contributed by atoms with Gasteiger partial charge < -0.3 is 9.80 Å². The number of hydrogen-bond acceptors (Lipinski definition) is 6. The van der Waals surface area contributed by atoms with Gasteiger partial charge in [0.15, 0.2) is 0 Å². The lowest BCUT2D eigenvalue weighted by molar-refractivity contribution is 0.0800. The van der Waals surface area contributed by atoms with Crippen LogP contribution in [0.25, 0.3) is 10.2 Å². The molecule has 0 spiro atoms. The third-order valence-electron chi connectivity index (χ3n) is 5.94. The van der Waals surface area contributed by atoms with Crippen molar-refractivity contribution in [2.24, 2.45) is 5.92 Å². The highest BCUT2D eigenvalue weighted by atomic mass is 32.1. The monoisotopic (exact) mass is 423 g/mol. The molecule has 7 heteroatoms. The van der Waals surface area contributed by atoms with Gasteiger partial charge in [0.25, 0.3) is 5.91 Å². The smallest absolute Gasteiger partial charge is 0.264 e. The summed E-state index contributed by atoms with van der Waals surface area (Å²) in [4.78, 5) is 32.9. The number of carbonyl (C=O) groups is 1. The molecule has 0 aromatic carbocycles. The van der Waals surface area contributed by atoms with E-state index in [0.717, 1.165) is 63.4 Å². The molecule has 158 valence electrons. The zero-order valence-electron chi connectivity index (χ0n) is 18.2. The summed E-state index contributed by atoms with van der Waals surface area (Å²) in [5.74, 6) is 2.56. The second-order valence-corrected chi connectivity index (χ2v) is 9.30. The quantitative estimate of drug-likeness (QED) is 0.614. The molecule has 0 atom stereocenters. The zero-order valence-corrected chi connectivity index (χ0v) is 19.0. The number of anilines is 1. The van der Waals surface area contributed by atoms with Crippen LogP contribution >= 0.6 is 11.3 Å². The molecular formula is C23H29N5OS. The Hall–Kier alpha value is -2.54. The van der Waals surface area contributed by atoms with Gasteiger partial charge in [-0.2, -0.15) is 0 Å². The molecule has 0 unspecified atom stereocenters. The van der Waals surface area contributed by atoms with Gasteiger partial charge in [0.05, 0.1) is 10.3 Å². The highest BCUT2D eigenvalue weighted by molar-refractivity contribution is 7.20. The van der Waals surface area contributed by atoms with Gasteiger partial charge in [-0.05, 0) is 50.3 Å². The number of fused-ring (bicyclic) bond motifs is 1. The maximum absolute atomic E-state index is 13.2. The van der Waals surface area contributed by atoms with Crippen LogP contribution in [0.1, 0.15) is 46.5 Å². The number of nitrogens with zero attached hydrogens (tertiary/aromatic N) is 5. The summed E-state index contributed by atoms with van der Waals surface area (Å²) >= 11 is 1.49. The van der Waals surface area contributed by atoms with E-state index in [0.29, 0.717) is 6.54 Å². The summed E-state index contributed by atoms with van der Waals surface area (Å²) in [6.45, 7) is 8.93. The van der Waals surface area contributed by atoms with Crippen molar-refractivity contribution < 1.29 is 4.79 Å². The van der Waals surface area contributed by atoms with E-state index < -0.39 is 0 Å². The van der Waals surface area contributed by atoms with Crippen LogP contribution in [0.2, 0.25) is 0 Å². The molecule has 4 heterocycles. The van der Waals surface area contributed by atoms with Gasteiger partial charge in [0.1, 0.15) is 16.5 Å². The minimum atomic E-state index is 0.0438. The first kappa shape index (κ1) is 20.7. The minimum absolute atomic E-state index is 0.0438. The fraction of sp³-hybridized carbons (Fsp3) is 0.478. The van der Waals surface area contributed by atoms with Crippen molar-refractivity contribution in [3.05, 3.63) is 46.4 Å². The Bertz CT molecular complexity index is 1040. The van der Waals surface area contributed by atoms with Gasteiger partial charge in [-0.1, -0.05) is 13.0 Å². The Morgan fingerprint density at radius 2 is 2.00 bits per heavy atom. The van der Waals surface area contributed by atoms with Crippen molar-refractivity contribution in [2.45, 2.75) is 40.0 Å². The maximum Gasteiger partial charge on any atom is 0.264 e. The number of likely N-dealkylation sites (N-methyl/N-ethyl adjacent to an activating group) is 1. The lowest BCUT2D eigenvalue weighted by Crippen LogP contribution is -2.33. The number of carbonyl (C=O) groups excluding carboxylic acids is 1. The summed E-state index contributed by atoms with van der Waals surface area (Å²) in [6.07, 6.45) is 4.88. The molecule has 6 nitrogen and oxygen atoms in total. The van der Waals surface area contributed by atoms with Gasteiger partial charge in [0.2, 0.25) is 0 Å². The van der Waals surface area contributed by atoms with Gasteiger partial charge in [-0.15, -0.1) is 11.3 Å². The average molecular weight is 424 g/mol. The van der Waals surface area contributed by atoms with E-state index in [2.05, 4.69) is 21.8 Å². The van der Waals surface area contributed by atoms with Crippen LogP contribution in [0.4, 0.5) is 5.82 Å². The predicted octanol–water partition coefficient (Wildman–Crippen LogP) is 4.25. The number of amides is 1. The number of aryl methyl sites for hydroxylation is 2. The topological polar surface area (TPSA) is 62.2 Å². The number of thiophene rings is 1. The maximum atomic E-state index is 13.2. The third-order valence-corrected chi connectivity index (χ3v) is 7.11. The molecule has 30 heavy (non-hydrogen) atoms. The van der Waals surface area contributed by atoms with Crippen LogP contribution < -0.4 is 4.90 Å². The van der Waals surface area contributed by atoms with E-state index >= 15 is 0 Å². The third kappa shape index (κ3) is 4.17. The molecule has 0 saturated carbocycles. The molecule has 1 aliphatic rings. The first-order valence-electron chi connectivity index (χ1n) is 10.6. The second-order valence-electron chi connectivity index (χ2n) is 8.30. The highest BCUT2D eigenvalue weighted by Gasteiger charge is 2.26. The summed E-state index contributed by atoms with van der Waals surface area (Å²) in [5, 5.41) is 1.04. The molecule has 1 saturated heterocycles. The Morgan fingerprint density at radius 3 is 2.70 bits per heavy atom. The van der Waals surface area contributed by atoms with Crippen LogP contribution in [0.3, 0.4) is 0 Å². The molecule has 4 rings (SSSR count). The van der Waals surface area contributed by atoms with E-state index in [1.165, 1.54) is 24.2 Å². The van der Waals surface area contributed by atoms with Crippen LogP contribution in [0.5, 0.6) is 0 Å². The summed E-state index contributed by atoms with van der Waals surface area (Å²) in [5.41, 5.74) is 1.99. The van der Waals surface area contributed by atoms with Crippen LogP contribution in [-0.2, 0) is 6.42 Å². The Labute approximate surface area is 182 Å². The van der Waals surface area contributed by atoms with Crippen molar-refractivity contribution in [1.82, 2.24) is 19.9 Å². The van der Waals surface area contributed by atoms with E-state index in [9.17, 15) is 4.79 Å². The molecule has 1 aliphatic heterocycles. The number of aromatic nitrogens is 3. The van der Waals surface area contributed by atoms with Crippen molar-refractivity contribution in [3.8, 4) is 0 Å². The lowest BCUT2D eigenvalue weighted by atomic mass is 9.99. The van der Waals surface area contributed by atoms with Crippen LogP contribution in [-0.4, -0.2) is 52.4 Å². The summed E-state index contributed by atoms with van der Waals surface area (Å²) < 4.78 is 0. The van der Waals surface area contributed by atoms with Crippen molar-refractivity contribution in [3.63, 3.8) is 0 Å². The Kier molecular flexibility index (Phi) is 5.99. The van der Waals surface area contributed by atoms with Crippen LogP contribution in [0.15, 0.2) is 24.4 Å². The molecule has 0 N–H and O–H groups in total. The van der Waals surface area contributed by atoms with E-state index in [1.54, 1.807) is 11.1 Å². The highest BCUT2D eigenvalue weighted by Crippen LogP contribution is 2.37. The van der Waals surface area contributed by atoms with Gasteiger partial charge >= 0.3 is 0 Å². The second kappa shape index (κ2) is 8.68. The van der Waals surface area contributed by atoms with E-state index in [1.807, 2.05) is 39.1 Å². The SMILES string of the molecule is Cc1nc(N2CCC(C)CC2)c2c(C)c(C(=O)N(C)CCc3ccccn3)sc2n1. The van der Waals surface area contributed by atoms with Crippen molar-refractivity contribution >= 4 is 33.3 Å². The van der Waals surface area contributed by atoms with E-state index in [-0.39, 0.29) is 5.91 Å². The molecule has 0 radical (unpaired) electrons.